The summed E-state index contributed by atoms with van der Waals surface area (Å²) in [5.41, 5.74) is 0. The Hall–Kier alpha value is -1.32. The minimum absolute atomic E-state index is 0.0503. The molecule has 21 heavy (non-hydrogen) atoms. The SMILES string of the molecule is O=S(=O)(NC[C@H](O)C1CC1)c1ccccc1OC(F)(F)F. The molecule has 1 aromatic carbocycles. The first-order valence-electron chi connectivity index (χ1n) is 6.21. The van der Waals surface area contributed by atoms with Gasteiger partial charge < -0.3 is 9.84 Å². The van der Waals surface area contributed by atoms with Crippen molar-refractivity contribution in [3.63, 3.8) is 0 Å². The van der Waals surface area contributed by atoms with Crippen LogP contribution in [0.15, 0.2) is 29.2 Å². The highest BCUT2D eigenvalue weighted by Gasteiger charge is 2.35. The van der Waals surface area contributed by atoms with Crippen LogP contribution in [0.2, 0.25) is 0 Å². The van der Waals surface area contributed by atoms with Crippen LogP contribution in [0.3, 0.4) is 0 Å². The number of sulfonamides is 1. The maximum absolute atomic E-state index is 12.3. The third kappa shape index (κ3) is 4.58. The molecule has 118 valence electrons. The van der Waals surface area contributed by atoms with Gasteiger partial charge in [0.25, 0.3) is 0 Å². The molecular formula is C12H14F3NO4S. The molecule has 5 nitrogen and oxygen atoms in total. The Balaban J connectivity index is 2.15. The zero-order chi connectivity index (χ0) is 15.7. The van der Waals surface area contributed by atoms with Gasteiger partial charge in [-0.1, -0.05) is 12.1 Å². The average molecular weight is 325 g/mol. The van der Waals surface area contributed by atoms with Crippen molar-refractivity contribution in [3.8, 4) is 5.75 Å². The van der Waals surface area contributed by atoms with Gasteiger partial charge in [0.1, 0.15) is 10.6 Å². The predicted octanol–water partition coefficient (Wildman–Crippen LogP) is 1.63. The molecule has 1 aliphatic carbocycles. The van der Waals surface area contributed by atoms with E-state index in [1.807, 2.05) is 0 Å². The minimum Gasteiger partial charge on any atom is -0.404 e. The quantitative estimate of drug-likeness (QED) is 0.834. The number of alkyl halides is 3. The van der Waals surface area contributed by atoms with E-state index in [2.05, 4.69) is 9.46 Å². The number of ether oxygens (including phenoxy) is 1. The molecule has 1 saturated carbocycles. The molecule has 1 aliphatic rings. The Morgan fingerprint density at radius 2 is 1.95 bits per heavy atom. The first-order valence-corrected chi connectivity index (χ1v) is 7.70. The molecule has 0 bridgehead atoms. The fourth-order valence-electron chi connectivity index (χ4n) is 1.80. The van der Waals surface area contributed by atoms with Gasteiger partial charge in [-0.3, -0.25) is 0 Å². The number of rotatable bonds is 6. The van der Waals surface area contributed by atoms with E-state index >= 15 is 0 Å². The van der Waals surface area contributed by atoms with Gasteiger partial charge in [0.2, 0.25) is 10.0 Å². The summed E-state index contributed by atoms with van der Waals surface area (Å²) in [5, 5.41) is 9.62. The molecule has 0 spiro atoms. The number of hydrogen-bond donors (Lipinski definition) is 2. The number of aliphatic hydroxyl groups is 1. The predicted molar refractivity (Wildman–Crippen MR) is 67.0 cm³/mol. The normalized spacial score (nSPS) is 17.5. The molecule has 0 unspecified atom stereocenters. The molecule has 0 amide bonds. The first kappa shape index (κ1) is 16.1. The van der Waals surface area contributed by atoms with Gasteiger partial charge >= 0.3 is 6.36 Å². The Morgan fingerprint density at radius 1 is 1.33 bits per heavy atom. The number of nitrogens with one attached hydrogen (secondary N) is 1. The van der Waals surface area contributed by atoms with E-state index in [4.69, 9.17) is 0 Å². The summed E-state index contributed by atoms with van der Waals surface area (Å²) >= 11 is 0. The molecule has 0 radical (unpaired) electrons. The fourth-order valence-corrected chi connectivity index (χ4v) is 2.98. The van der Waals surface area contributed by atoms with Gasteiger partial charge in [-0.2, -0.15) is 0 Å². The Morgan fingerprint density at radius 3 is 2.52 bits per heavy atom. The standard InChI is InChI=1S/C12H14F3NO4S/c13-12(14,15)20-10-3-1-2-4-11(10)21(18,19)16-7-9(17)8-5-6-8/h1-4,8-9,16-17H,5-7H2/t9-/m0/s1. The molecular weight excluding hydrogens is 311 g/mol. The van der Waals surface area contributed by atoms with E-state index in [1.54, 1.807) is 0 Å². The smallest absolute Gasteiger partial charge is 0.404 e. The molecule has 0 saturated heterocycles. The van der Waals surface area contributed by atoms with Crippen molar-refractivity contribution in [2.24, 2.45) is 5.92 Å². The maximum atomic E-state index is 12.3. The maximum Gasteiger partial charge on any atom is 0.573 e. The summed E-state index contributed by atoms with van der Waals surface area (Å²) in [6, 6.07) is 4.44. The summed E-state index contributed by atoms with van der Waals surface area (Å²) < 4.78 is 66.6. The zero-order valence-corrected chi connectivity index (χ0v) is 11.6. The average Bonchev–Trinajstić information content (AvgIpc) is 3.19. The van der Waals surface area contributed by atoms with Gasteiger partial charge in [-0.15, -0.1) is 13.2 Å². The highest BCUT2D eigenvalue weighted by atomic mass is 32.2. The number of benzene rings is 1. The molecule has 0 aliphatic heterocycles. The van der Waals surface area contributed by atoms with Crippen molar-refractivity contribution >= 4 is 10.0 Å². The van der Waals surface area contributed by atoms with Crippen LogP contribution in [0.4, 0.5) is 13.2 Å². The largest absolute Gasteiger partial charge is 0.573 e. The molecule has 1 aromatic rings. The summed E-state index contributed by atoms with van der Waals surface area (Å²) in [7, 11) is -4.20. The topological polar surface area (TPSA) is 75.6 Å². The zero-order valence-electron chi connectivity index (χ0n) is 10.8. The van der Waals surface area contributed by atoms with Gasteiger partial charge in [-0.25, -0.2) is 13.1 Å². The van der Waals surface area contributed by atoms with E-state index in [-0.39, 0.29) is 12.5 Å². The van der Waals surface area contributed by atoms with Crippen LogP contribution in [-0.4, -0.2) is 32.5 Å². The Labute approximate surface area is 119 Å². The molecule has 9 heteroatoms. The monoisotopic (exact) mass is 325 g/mol. The van der Waals surface area contributed by atoms with Crippen LogP contribution >= 0.6 is 0 Å². The van der Waals surface area contributed by atoms with E-state index in [9.17, 15) is 26.7 Å². The van der Waals surface area contributed by atoms with E-state index in [0.717, 1.165) is 25.0 Å². The lowest BCUT2D eigenvalue weighted by Gasteiger charge is -2.15. The number of para-hydroxylation sites is 1. The van der Waals surface area contributed by atoms with Crippen LogP contribution in [0.1, 0.15) is 12.8 Å². The lowest BCUT2D eigenvalue weighted by atomic mass is 10.2. The second-order valence-electron chi connectivity index (χ2n) is 4.75. The van der Waals surface area contributed by atoms with Crippen molar-refractivity contribution in [2.75, 3.05) is 6.54 Å². The Bertz CT molecular complexity index is 599. The van der Waals surface area contributed by atoms with Crippen LogP contribution in [0, 0.1) is 5.92 Å². The van der Waals surface area contributed by atoms with E-state index < -0.39 is 33.1 Å². The fraction of sp³-hybridized carbons (Fsp3) is 0.500. The first-order chi connectivity index (χ1) is 9.69. The van der Waals surface area contributed by atoms with Crippen molar-refractivity contribution in [1.82, 2.24) is 4.72 Å². The number of aliphatic hydroxyl groups excluding tert-OH is 1. The minimum atomic E-state index is -4.99. The van der Waals surface area contributed by atoms with Crippen molar-refractivity contribution < 1.29 is 31.4 Å². The molecule has 0 aromatic heterocycles. The van der Waals surface area contributed by atoms with Crippen molar-refractivity contribution in [2.45, 2.75) is 30.2 Å². The molecule has 0 heterocycles. The second-order valence-corrected chi connectivity index (χ2v) is 6.49. The third-order valence-electron chi connectivity index (χ3n) is 3.01. The van der Waals surface area contributed by atoms with E-state index in [0.29, 0.717) is 0 Å². The second kappa shape index (κ2) is 5.82. The third-order valence-corrected chi connectivity index (χ3v) is 4.48. The van der Waals surface area contributed by atoms with Crippen molar-refractivity contribution in [3.05, 3.63) is 24.3 Å². The summed E-state index contributed by atoms with van der Waals surface area (Å²) in [6.07, 6.45) is -4.19. The van der Waals surface area contributed by atoms with Crippen LogP contribution < -0.4 is 9.46 Å². The van der Waals surface area contributed by atoms with Gasteiger partial charge in [-0.05, 0) is 30.9 Å². The highest BCUT2D eigenvalue weighted by Crippen LogP contribution is 2.33. The van der Waals surface area contributed by atoms with Crippen LogP contribution in [-0.2, 0) is 10.0 Å². The van der Waals surface area contributed by atoms with Crippen LogP contribution in [0.5, 0.6) is 5.75 Å². The van der Waals surface area contributed by atoms with Crippen LogP contribution in [0.25, 0.3) is 0 Å². The molecule has 1 atom stereocenters. The Kier molecular flexibility index (Phi) is 4.45. The lowest BCUT2D eigenvalue weighted by Crippen LogP contribution is -2.33. The van der Waals surface area contributed by atoms with Gasteiger partial charge in [0.05, 0.1) is 6.10 Å². The summed E-state index contributed by atoms with van der Waals surface area (Å²) in [6.45, 7) is -0.243. The molecule has 2 rings (SSSR count). The van der Waals surface area contributed by atoms with Gasteiger partial charge in [0, 0.05) is 6.54 Å². The number of halogens is 3. The van der Waals surface area contributed by atoms with Gasteiger partial charge in [0.15, 0.2) is 0 Å². The highest BCUT2D eigenvalue weighted by molar-refractivity contribution is 7.89. The molecule has 1 fully saturated rings. The summed E-state index contributed by atoms with van der Waals surface area (Å²) in [4.78, 5) is -0.620. The van der Waals surface area contributed by atoms with Crippen molar-refractivity contribution in [1.29, 1.82) is 0 Å². The lowest BCUT2D eigenvalue weighted by molar-refractivity contribution is -0.275. The molecule has 2 N–H and O–H groups in total. The summed E-state index contributed by atoms with van der Waals surface area (Å²) in [5.74, 6) is -0.757. The van der Waals surface area contributed by atoms with E-state index in [1.165, 1.54) is 12.1 Å². The number of hydrogen-bond acceptors (Lipinski definition) is 4.